The maximum absolute atomic E-state index is 10.6. The number of hydrogen-bond acceptors (Lipinski definition) is 2. The van der Waals surface area contributed by atoms with Crippen LogP contribution >= 0.6 is 11.3 Å². The number of carbonyl (C=O) groups is 1. The van der Waals surface area contributed by atoms with Crippen molar-refractivity contribution >= 4 is 17.3 Å². The molecule has 3 heteroatoms. The topological polar surface area (TPSA) is 37.3 Å². The lowest BCUT2D eigenvalue weighted by Crippen LogP contribution is -1.95. The minimum Gasteiger partial charge on any atom is -0.477 e. The Morgan fingerprint density at radius 2 is 2.36 bits per heavy atom. The Labute approximate surface area is 68.5 Å². The molecular weight excluding hydrogens is 160 g/mol. The molecule has 0 fully saturated rings. The highest BCUT2D eigenvalue weighted by Gasteiger charge is 2.20. The molecule has 2 nitrogen and oxygen atoms in total. The van der Waals surface area contributed by atoms with E-state index in [-0.39, 0.29) is 0 Å². The Morgan fingerprint density at radius 3 is 3.09 bits per heavy atom. The van der Waals surface area contributed by atoms with E-state index < -0.39 is 5.97 Å². The van der Waals surface area contributed by atoms with Crippen LogP contribution in [0.25, 0.3) is 0 Å². The molecule has 0 amide bonds. The van der Waals surface area contributed by atoms with Crippen LogP contribution in [0.5, 0.6) is 0 Å². The molecule has 1 aromatic heterocycles. The Balaban J connectivity index is 2.50. The van der Waals surface area contributed by atoms with Crippen LogP contribution in [-0.2, 0) is 12.8 Å². The Kier molecular flexibility index (Phi) is 1.46. The quantitative estimate of drug-likeness (QED) is 0.695. The number of aryl methyl sites for hydroxylation is 1. The van der Waals surface area contributed by atoms with Crippen molar-refractivity contribution in [2.24, 2.45) is 0 Å². The van der Waals surface area contributed by atoms with Crippen molar-refractivity contribution in [1.82, 2.24) is 0 Å². The van der Waals surface area contributed by atoms with Crippen molar-refractivity contribution in [3.63, 3.8) is 0 Å². The SMILES string of the molecule is O=C(O)c1scc2c1CCC2. The first kappa shape index (κ1) is 6.85. The van der Waals surface area contributed by atoms with Gasteiger partial charge in [-0.15, -0.1) is 11.3 Å². The molecule has 1 aromatic rings. The average Bonchev–Trinajstić information content (AvgIpc) is 2.41. The lowest BCUT2D eigenvalue weighted by molar-refractivity contribution is 0.0701. The summed E-state index contributed by atoms with van der Waals surface area (Å²) in [4.78, 5) is 11.2. The second kappa shape index (κ2) is 2.34. The first-order valence-corrected chi connectivity index (χ1v) is 4.49. The molecule has 58 valence electrons. The predicted octanol–water partition coefficient (Wildman–Crippen LogP) is 1.94. The van der Waals surface area contributed by atoms with Gasteiger partial charge in [-0.25, -0.2) is 4.79 Å². The summed E-state index contributed by atoms with van der Waals surface area (Å²) >= 11 is 1.36. The van der Waals surface area contributed by atoms with Crippen LogP contribution in [0.3, 0.4) is 0 Å². The van der Waals surface area contributed by atoms with Crippen molar-refractivity contribution in [2.45, 2.75) is 19.3 Å². The number of rotatable bonds is 1. The Hall–Kier alpha value is -0.830. The van der Waals surface area contributed by atoms with E-state index in [9.17, 15) is 4.79 Å². The predicted molar refractivity (Wildman–Crippen MR) is 43.3 cm³/mol. The molecule has 1 aliphatic carbocycles. The first-order valence-electron chi connectivity index (χ1n) is 3.61. The van der Waals surface area contributed by atoms with E-state index in [1.165, 1.54) is 16.9 Å². The van der Waals surface area contributed by atoms with Gasteiger partial charge in [0.05, 0.1) is 0 Å². The second-order valence-electron chi connectivity index (χ2n) is 2.73. The van der Waals surface area contributed by atoms with E-state index in [4.69, 9.17) is 5.11 Å². The number of aromatic carboxylic acids is 1. The summed E-state index contributed by atoms with van der Waals surface area (Å²) in [7, 11) is 0. The third kappa shape index (κ3) is 0.959. The molecular formula is C8H8O2S. The molecule has 0 aliphatic heterocycles. The van der Waals surface area contributed by atoms with Gasteiger partial charge in [-0.1, -0.05) is 0 Å². The fourth-order valence-corrected chi connectivity index (χ4v) is 2.53. The highest BCUT2D eigenvalue weighted by Crippen LogP contribution is 2.30. The average molecular weight is 168 g/mol. The van der Waals surface area contributed by atoms with Gasteiger partial charge in [-0.3, -0.25) is 0 Å². The van der Waals surface area contributed by atoms with E-state index in [1.54, 1.807) is 0 Å². The minimum absolute atomic E-state index is 0.553. The van der Waals surface area contributed by atoms with Gasteiger partial charge in [0.25, 0.3) is 0 Å². The highest BCUT2D eigenvalue weighted by molar-refractivity contribution is 7.12. The van der Waals surface area contributed by atoms with E-state index in [0.29, 0.717) is 4.88 Å². The van der Waals surface area contributed by atoms with E-state index in [1.807, 2.05) is 5.38 Å². The molecule has 0 spiro atoms. The Morgan fingerprint density at radius 1 is 1.55 bits per heavy atom. The largest absolute Gasteiger partial charge is 0.477 e. The summed E-state index contributed by atoms with van der Waals surface area (Å²) in [6, 6.07) is 0. The van der Waals surface area contributed by atoms with Crippen LogP contribution in [0.1, 0.15) is 27.2 Å². The molecule has 1 N–H and O–H groups in total. The van der Waals surface area contributed by atoms with Crippen molar-refractivity contribution < 1.29 is 9.90 Å². The smallest absolute Gasteiger partial charge is 0.346 e. The molecule has 0 atom stereocenters. The van der Waals surface area contributed by atoms with Gasteiger partial charge in [0.1, 0.15) is 4.88 Å². The normalized spacial score (nSPS) is 14.9. The van der Waals surface area contributed by atoms with Gasteiger partial charge >= 0.3 is 5.97 Å². The molecule has 0 saturated heterocycles. The zero-order valence-corrected chi connectivity index (χ0v) is 6.78. The van der Waals surface area contributed by atoms with E-state index >= 15 is 0 Å². The van der Waals surface area contributed by atoms with Gasteiger partial charge in [-0.2, -0.15) is 0 Å². The minimum atomic E-state index is -0.766. The van der Waals surface area contributed by atoms with Crippen LogP contribution in [0, 0.1) is 0 Å². The molecule has 11 heavy (non-hydrogen) atoms. The highest BCUT2D eigenvalue weighted by atomic mass is 32.1. The molecule has 0 saturated carbocycles. The lowest BCUT2D eigenvalue weighted by atomic mass is 10.2. The molecule has 2 rings (SSSR count). The molecule has 1 heterocycles. The van der Waals surface area contributed by atoms with Crippen molar-refractivity contribution in [1.29, 1.82) is 0 Å². The fourth-order valence-electron chi connectivity index (χ4n) is 1.54. The monoisotopic (exact) mass is 168 g/mol. The number of carboxylic acid groups (broad SMARTS) is 1. The van der Waals surface area contributed by atoms with Crippen molar-refractivity contribution in [2.75, 3.05) is 0 Å². The molecule has 1 aliphatic rings. The molecule has 0 aromatic carbocycles. The summed E-state index contributed by atoms with van der Waals surface area (Å²) in [5.41, 5.74) is 2.34. The number of hydrogen-bond donors (Lipinski definition) is 1. The maximum atomic E-state index is 10.6. The summed E-state index contributed by atoms with van der Waals surface area (Å²) in [6.07, 6.45) is 3.15. The van der Waals surface area contributed by atoms with Crippen molar-refractivity contribution in [3.05, 3.63) is 21.4 Å². The van der Waals surface area contributed by atoms with Gasteiger partial charge in [0.15, 0.2) is 0 Å². The van der Waals surface area contributed by atoms with Crippen LogP contribution in [-0.4, -0.2) is 11.1 Å². The second-order valence-corrected chi connectivity index (χ2v) is 3.61. The summed E-state index contributed by atoms with van der Waals surface area (Å²) in [5, 5.41) is 10.7. The number of thiophene rings is 1. The van der Waals surface area contributed by atoms with Gasteiger partial charge in [-0.05, 0) is 35.8 Å². The first-order chi connectivity index (χ1) is 5.29. The standard InChI is InChI=1S/C8H8O2S/c9-8(10)7-6-3-1-2-5(6)4-11-7/h4H,1-3H2,(H,9,10). The number of carboxylic acids is 1. The zero-order chi connectivity index (χ0) is 7.84. The lowest BCUT2D eigenvalue weighted by Gasteiger charge is -1.91. The summed E-state index contributed by atoms with van der Waals surface area (Å²) in [5.74, 6) is -0.766. The molecule has 0 radical (unpaired) electrons. The third-order valence-corrected chi connectivity index (χ3v) is 3.11. The zero-order valence-electron chi connectivity index (χ0n) is 5.96. The maximum Gasteiger partial charge on any atom is 0.346 e. The summed E-state index contributed by atoms with van der Waals surface area (Å²) < 4.78 is 0. The fraction of sp³-hybridized carbons (Fsp3) is 0.375. The van der Waals surface area contributed by atoms with Crippen LogP contribution in [0.4, 0.5) is 0 Å². The van der Waals surface area contributed by atoms with Crippen molar-refractivity contribution in [3.8, 4) is 0 Å². The van der Waals surface area contributed by atoms with Crippen LogP contribution < -0.4 is 0 Å². The van der Waals surface area contributed by atoms with Crippen LogP contribution in [0.15, 0.2) is 5.38 Å². The van der Waals surface area contributed by atoms with Crippen LogP contribution in [0.2, 0.25) is 0 Å². The summed E-state index contributed by atoms with van der Waals surface area (Å²) in [6.45, 7) is 0. The van der Waals surface area contributed by atoms with Gasteiger partial charge < -0.3 is 5.11 Å². The molecule has 0 unspecified atom stereocenters. The van der Waals surface area contributed by atoms with E-state index in [2.05, 4.69) is 0 Å². The number of fused-ring (bicyclic) bond motifs is 1. The van der Waals surface area contributed by atoms with E-state index in [0.717, 1.165) is 24.8 Å². The molecule has 0 bridgehead atoms. The Bertz CT molecular complexity index is 301. The van der Waals surface area contributed by atoms with Gasteiger partial charge in [0, 0.05) is 0 Å². The van der Waals surface area contributed by atoms with Gasteiger partial charge in [0.2, 0.25) is 0 Å². The third-order valence-electron chi connectivity index (χ3n) is 2.05.